The Hall–Kier alpha value is -2.97. The first-order valence-corrected chi connectivity index (χ1v) is 12.4. The quantitative estimate of drug-likeness (QED) is 0.498. The summed E-state index contributed by atoms with van der Waals surface area (Å²) in [6.45, 7) is 8.14. The number of ether oxygens (including phenoxy) is 2. The van der Waals surface area contributed by atoms with E-state index in [-0.39, 0.29) is 36.9 Å². The lowest BCUT2D eigenvalue weighted by Gasteiger charge is -2.37. The lowest BCUT2D eigenvalue weighted by Crippen LogP contribution is -2.45. The zero-order valence-electron chi connectivity index (χ0n) is 19.7. The number of thiazole rings is 1. The molecule has 1 N–H and O–H groups in total. The zero-order chi connectivity index (χ0) is 24.1. The Morgan fingerprint density at radius 2 is 1.94 bits per heavy atom. The minimum absolute atomic E-state index is 0.0581. The number of amides is 1. The maximum absolute atomic E-state index is 14.8. The number of hydrogen-bond acceptors (Lipinski definition) is 6. The third kappa shape index (κ3) is 6.12. The number of benzene rings is 2. The van der Waals surface area contributed by atoms with Crippen molar-refractivity contribution < 1.29 is 18.7 Å². The summed E-state index contributed by atoms with van der Waals surface area (Å²) in [4.78, 5) is 19.0. The molecule has 0 radical (unpaired) electrons. The van der Waals surface area contributed by atoms with Gasteiger partial charge in [0.2, 0.25) is 5.91 Å². The number of nitrogens with one attached hydrogen (secondary N) is 1. The number of nitrogens with zero attached hydrogens (tertiary/aromatic N) is 2. The number of anilines is 1. The highest BCUT2D eigenvalue weighted by Crippen LogP contribution is 2.26. The van der Waals surface area contributed by atoms with E-state index in [1.165, 1.54) is 17.4 Å². The Kier molecular flexibility index (Phi) is 7.80. The Balaban J connectivity index is 1.31. The smallest absolute Gasteiger partial charge is 0.226 e. The van der Waals surface area contributed by atoms with Crippen molar-refractivity contribution in [2.75, 3.05) is 24.6 Å². The molecule has 6 nitrogen and oxygen atoms in total. The van der Waals surface area contributed by atoms with Crippen LogP contribution in [0.5, 0.6) is 5.75 Å². The molecule has 1 aliphatic rings. The van der Waals surface area contributed by atoms with Gasteiger partial charge in [-0.05, 0) is 62.7 Å². The minimum Gasteiger partial charge on any atom is -0.494 e. The van der Waals surface area contributed by atoms with Gasteiger partial charge in [0, 0.05) is 30.6 Å². The van der Waals surface area contributed by atoms with Crippen molar-refractivity contribution >= 4 is 22.9 Å². The van der Waals surface area contributed by atoms with Gasteiger partial charge in [0.25, 0.3) is 0 Å². The molecule has 3 aromatic rings. The summed E-state index contributed by atoms with van der Waals surface area (Å²) in [7, 11) is 0. The van der Waals surface area contributed by atoms with Gasteiger partial charge < -0.3 is 19.7 Å². The topological polar surface area (TPSA) is 63.7 Å². The number of halogens is 1. The maximum atomic E-state index is 14.8. The molecule has 2 aromatic carbocycles. The van der Waals surface area contributed by atoms with E-state index in [4.69, 9.17) is 9.47 Å². The Bertz CT molecular complexity index is 1110. The summed E-state index contributed by atoms with van der Waals surface area (Å²) in [5, 5.41) is 5.62. The average molecular weight is 484 g/mol. The number of carbonyl (C=O) groups excluding carboxylic acids is 1. The molecular formula is C26H30FN3O3S. The van der Waals surface area contributed by atoms with Gasteiger partial charge in [0.05, 0.1) is 36.6 Å². The molecule has 0 saturated carbocycles. The van der Waals surface area contributed by atoms with Crippen LogP contribution in [0.1, 0.15) is 32.0 Å². The van der Waals surface area contributed by atoms with Gasteiger partial charge in [0.15, 0.2) is 0 Å². The summed E-state index contributed by atoms with van der Waals surface area (Å²) in [5.74, 6) is 0.386. The van der Waals surface area contributed by atoms with Crippen LogP contribution >= 0.6 is 11.3 Å². The summed E-state index contributed by atoms with van der Waals surface area (Å²) in [6, 6.07) is 12.9. The Morgan fingerprint density at radius 1 is 1.21 bits per heavy atom. The molecule has 1 fully saturated rings. The molecule has 8 heteroatoms. The first-order valence-electron chi connectivity index (χ1n) is 11.5. The second-order valence-corrected chi connectivity index (χ2v) is 9.36. The molecular weight excluding hydrogens is 453 g/mol. The van der Waals surface area contributed by atoms with E-state index < -0.39 is 0 Å². The molecule has 2 heterocycles. The standard InChI is InChI=1S/C26H30FN3O3S/c1-4-32-22-8-6-20(7-9-22)26-29-21(16-34-26)12-25(31)28-13-19-5-10-24(23(27)11-19)30-14-17(2)33-18(3)15-30/h5-11,16-18H,4,12-15H2,1-3H3,(H,28,31). The van der Waals surface area contributed by atoms with Gasteiger partial charge in [-0.15, -0.1) is 11.3 Å². The van der Waals surface area contributed by atoms with Crippen LogP contribution in [-0.2, 0) is 22.5 Å². The van der Waals surface area contributed by atoms with Gasteiger partial charge in [-0.25, -0.2) is 9.37 Å². The predicted octanol–water partition coefficient (Wildman–Crippen LogP) is 4.82. The molecule has 0 aliphatic carbocycles. The van der Waals surface area contributed by atoms with Crippen molar-refractivity contribution in [3.05, 3.63) is 64.9 Å². The lowest BCUT2D eigenvalue weighted by molar-refractivity contribution is -0.120. The average Bonchev–Trinajstić information content (AvgIpc) is 3.26. The minimum atomic E-state index is -0.285. The van der Waals surface area contributed by atoms with Gasteiger partial charge in [0.1, 0.15) is 16.6 Å². The molecule has 180 valence electrons. The normalized spacial score (nSPS) is 18.1. The van der Waals surface area contributed by atoms with Crippen molar-refractivity contribution in [2.24, 2.45) is 0 Å². The summed E-state index contributed by atoms with van der Waals surface area (Å²) < 4.78 is 26.0. The van der Waals surface area contributed by atoms with E-state index in [2.05, 4.69) is 10.3 Å². The van der Waals surface area contributed by atoms with Crippen LogP contribution in [0.4, 0.5) is 10.1 Å². The molecule has 34 heavy (non-hydrogen) atoms. The van der Waals surface area contributed by atoms with Gasteiger partial charge in [-0.1, -0.05) is 6.07 Å². The van der Waals surface area contributed by atoms with Gasteiger partial charge in [-0.3, -0.25) is 4.79 Å². The van der Waals surface area contributed by atoms with Crippen LogP contribution in [0.2, 0.25) is 0 Å². The van der Waals surface area contributed by atoms with Crippen molar-refractivity contribution in [1.82, 2.24) is 10.3 Å². The van der Waals surface area contributed by atoms with E-state index in [1.54, 1.807) is 6.07 Å². The van der Waals surface area contributed by atoms with E-state index in [9.17, 15) is 9.18 Å². The molecule has 1 amide bonds. The molecule has 1 saturated heterocycles. The number of rotatable bonds is 8. The number of morpholine rings is 1. The third-order valence-electron chi connectivity index (χ3n) is 5.57. The first kappa shape index (κ1) is 24.2. The molecule has 0 spiro atoms. The fraction of sp³-hybridized carbons (Fsp3) is 0.385. The second kappa shape index (κ2) is 11.0. The fourth-order valence-corrected chi connectivity index (χ4v) is 4.93. The second-order valence-electron chi connectivity index (χ2n) is 8.50. The molecule has 2 unspecified atom stereocenters. The largest absolute Gasteiger partial charge is 0.494 e. The van der Waals surface area contributed by atoms with E-state index in [0.29, 0.717) is 31.1 Å². The summed E-state index contributed by atoms with van der Waals surface area (Å²) in [6.07, 6.45) is 0.294. The zero-order valence-corrected chi connectivity index (χ0v) is 20.5. The molecule has 1 aliphatic heterocycles. The van der Waals surface area contributed by atoms with Gasteiger partial charge >= 0.3 is 0 Å². The van der Waals surface area contributed by atoms with Crippen molar-refractivity contribution in [2.45, 2.75) is 45.9 Å². The number of hydrogen-bond donors (Lipinski definition) is 1. The SMILES string of the molecule is CCOc1ccc(-c2nc(CC(=O)NCc3ccc(N4CC(C)OC(C)C4)c(F)c3)cs2)cc1. The lowest BCUT2D eigenvalue weighted by atomic mass is 10.1. The van der Waals surface area contributed by atoms with Crippen LogP contribution in [0.15, 0.2) is 47.8 Å². The monoisotopic (exact) mass is 483 g/mol. The predicted molar refractivity (Wildman–Crippen MR) is 133 cm³/mol. The number of carbonyl (C=O) groups is 1. The molecule has 0 bridgehead atoms. The van der Waals surface area contributed by atoms with Crippen LogP contribution in [-0.4, -0.2) is 42.8 Å². The summed E-state index contributed by atoms with van der Waals surface area (Å²) >= 11 is 1.50. The highest BCUT2D eigenvalue weighted by atomic mass is 32.1. The van der Waals surface area contributed by atoms with Crippen molar-refractivity contribution in [3.8, 4) is 16.3 Å². The summed E-state index contributed by atoms with van der Waals surface area (Å²) in [5.41, 5.74) is 2.99. The molecule has 1 aromatic heterocycles. The molecule has 2 atom stereocenters. The van der Waals surface area contributed by atoms with Crippen molar-refractivity contribution in [3.63, 3.8) is 0 Å². The molecule has 4 rings (SSSR count). The van der Waals surface area contributed by atoms with E-state index >= 15 is 0 Å². The van der Waals surface area contributed by atoms with Crippen LogP contribution in [0.25, 0.3) is 10.6 Å². The highest BCUT2D eigenvalue weighted by Gasteiger charge is 2.24. The van der Waals surface area contributed by atoms with E-state index in [0.717, 1.165) is 21.9 Å². The van der Waals surface area contributed by atoms with Crippen LogP contribution < -0.4 is 15.0 Å². The number of aromatic nitrogens is 1. The maximum Gasteiger partial charge on any atom is 0.226 e. The first-order chi connectivity index (χ1) is 16.4. The highest BCUT2D eigenvalue weighted by molar-refractivity contribution is 7.13. The fourth-order valence-electron chi connectivity index (χ4n) is 4.10. The Morgan fingerprint density at radius 3 is 2.62 bits per heavy atom. The Labute approximate surface area is 203 Å². The van der Waals surface area contributed by atoms with Gasteiger partial charge in [-0.2, -0.15) is 0 Å². The van der Waals surface area contributed by atoms with E-state index in [1.807, 2.05) is 61.4 Å². The van der Waals surface area contributed by atoms with Crippen molar-refractivity contribution in [1.29, 1.82) is 0 Å². The van der Waals surface area contributed by atoms with Crippen LogP contribution in [0.3, 0.4) is 0 Å². The van der Waals surface area contributed by atoms with Crippen LogP contribution in [0, 0.1) is 5.82 Å². The third-order valence-corrected chi connectivity index (χ3v) is 6.51.